The van der Waals surface area contributed by atoms with Gasteiger partial charge in [0, 0.05) is 22.7 Å². The third kappa shape index (κ3) is 4.90. The van der Waals surface area contributed by atoms with Gasteiger partial charge in [0.2, 0.25) is 0 Å². The minimum atomic E-state index is 1.02. The molecule has 2 heterocycles. The van der Waals surface area contributed by atoms with Gasteiger partial charge in [-0.15, -0.1) is 22.7 Å². The van der Waals surface area contributed by atoms with Crippen molar-refractivity contribution < 1.29 is 0 Å². The molecule has 0 amide bonds. The molecule has 34 heavy (non-hydrogen) atoms. The second-order valence-electron chi connectivity index (χ2n) is 7.47. The lowest BCUT2D eigenvalue weighted by Gasteiger charge is -2.05. The van der Waals surface area contributed by atoms with Gasteiger partial charge in [-0.2, -0.15) is 0 Å². The summed E-state index contributed by atoms with van der Waals surface area (Å²) in [6, 6.07) is 33.0. The highest BCUT2D eigenvalue weighted by molar-refractivity contribution is 8.77. The number of para-hydroxylation sites is 2. The van der Waals surface area contributed by atoms with Gasteiger partial charge in [-0.1, -0.05) is 36.4 Å². The first-order valence-electron chi connectivity index (χ1n) is 10.6. The summed E-state index contributed by atoms with van der Waals surface area (Å²) in [6.07, 6.45) is 0. The van der Waals surface area contributed by atoms with Gasteiger partial charge in [0.25, 0.3) is 0 Å². The highest BCUT2D eigenvalue weighted by atomic mass is 33.1. The number of fused-ring (bicyclic) bond motifs is 2. The minimum Gasteiger partial charge on any atom is -0.355 e. The molecule has 0 aliphatic rings. The van der Waals surface area contributed by atoms with Crippen LogP contribution in [0, 0.1) is 0 Å². The predicted molar refractivity (Wildman–Crippen MR) is 150 cm³/mol. The highest BCUT2D eigenvalue weighted by Gasteiger charge is 2.10. The summed E-state index contributed by atoms with van der Waals surface area (Å²) in [5, 5.41) is 6.90. The number of thiazole rings is 2. The zero-order valence-electron chi connectivity index (χ0n) is 17.8. The van der Waals surface area contributed by atoms with Gasteiger partial charge in [-0.25, -0.2) is 9.97 Å². The van der Waals surface area contributed by atoms with E-state index >= 15 is 0 Å². The van der Waals surface area contributed by atoms with Crippen molar-refractivity contribution in [2.75, 3.05) is 10.6 Å². The van der Waals surface area contributed by atoms with E-state index in [1.807, 2.05) is 36.4 Å². The summed E-state index contributed by atoms with van der Waals surface area (Å²) < 4.78 is 4.40. The average molecular weight is 515 g/mol. The third-order valence-corrected chi connectivity index (χ3v) is 10.1. The first-order valence-corrected chi connectivity index (χ1v) is 14.4. The van der Waals surface area contributed by atoms with Crippen LogP contribution in [-0.4, -0.2) is 9.97 Å². The van der Waals surface area contributed by atoms with E-state index in [1.54, 1.807) is 44.3 Å². The van der Waals surface area contributed by atoms with Crippen LogP contribution >= 0.6 is 44.3 Å². The fourth-order valence-corrected chi connectivity index (χ4v) is 8.05. The Morgan fingerprint density at radius 3 is 1.38 bits per heavy atom. The SMILES string of the molecule is c1ccc(Nc2ccc3nc(SSc4nc5ccc(Nc6ccccc6)cc5s4)sc3c2)cc1. The van der Waals surface area contributed by atoms with Crippen molar-refractivity contribution in [1.29, 1.82) is 0 Å². The Bertz CT molecular complexity index is 1440. The van der Waals surface area contributed by atoms with Crippen LogP contribution in [0.1, 0.15) is 0 Å². The summed E-state index contributed by atoms with van der Waals surface area (Å²) in [5.41, 5.74) is 6.33. The van der Waals surface area contributed by atoms with Crippen LogP contribution in [0.2, 0.25) is 0 Å². The molecule has 0 aliphatic carbocycles. The largest absolute Gasteiger partial charge is 0.355 e. The van der Waals surface area contributed by atoms with Gasteiger partial charge in [-0.05, 0) is 82.3 Å². The molecule has 4 nitrogen and oxygen atoms in total. The lowest BCUT2D eigenvalue weighted by atomic mass is 10.2. The summed E-state index contributed by atoms with van der Waals surface area (Å²) in [4.78, 5) is 9.58. The Kier molecular flexibility index (Phi) is 6.12. The predicted octanol–water partition coefficient (Wildman–Crippen LogP) is 9.19. The van der Waals surface area contributed by atoms with E-state index < -0.39 is 0 Å². The number of nitrogens with one attached hydrogen (secondary N) is 2. The number of anilines is 4. The molecule has 166 valence electrons. The zero-order valence-corrected chi connectivity index (χ0v) is 21.0. The van der Waals surface area contributed by atoms with E-state index in [0.717, 1.165) is 42.5 Å². The van der Waals surface area contributed by atoms with Crippen molar-refractivity contribution in [3.63, 3.8) is 0 Å². The van der Waals surface area contributed by atoms with E-state index in [2.05, 4.69) is 71.3 Å². The van der Waals surface area contributed by atoms with Gasteiger partial charge in [0.05, 0.1) is 20.4 Å². The van der Waals surface area contributed by atoms with E-state index in [4.69, 9.17) is 9.97 Å². The molecule has 0 unspecified atom stereocenters. The van der Waals surface area contributed by atoms with Crippen molar-refractivity contribution in [1.82, 2.24) is 9.97 Å². The summed E-state index contributed by atoms with van der Waals surface area (Å²) in [5.74, 6) is 0. The highest BCUT2D eigenvalue weighted by Crippen LogP contribution is 2.44. The molecule has 6 rings (SSSR count). The second kappa shape index (κ2) is 9.68. The Labute approximate surface area is 212 Å². The molecule has 8 heteroatoms. The van der Waals surface area contributed by atoms with Crippen LogP contribution in [0.4, 0.5) is 22.7 Å². The summed E-state index contributed by atoms with van der Waals surface area (Å²) in [7, 11) is 3.33. The van der Waals surface area contributed by atoms with Crippen molar-refractivity contribution >= 4 is 87.4 Å². The first-order chi connectivity index (χ1) is 16.8. The fourth-order valence-electron chi connectivity index (χ4n) is 3.48. The third-order valence-electron chi connectivity index (χ3n) is 5.05. The fraction of sp³-hybridized carbons (Fsp3) is 0. The number of aromatic nitrogens is 2. The molecule has 6 aromatic rings. The van der Waals surface area contributed by atoms with E-state index in [1.165, 1.54) is 9.40 Å². The monoisotopic (exact) mass is 514 g/mol. The lowest BCUT2D eigenvalue weighted by molar-refractivity contribution is 1.30. The molecular formula is C26H18N4S4. The van der Waals surface area contributed by atoms with E-state index in [-0.39, 0.29) is 0 Å². The molecule has 0 bridgehead atoms. The molecule has 0 radical (unpaired) electrons. The molecule has 0 saturated carbocycles. The molecule has 0 saturated heterocycles. The topological polar surface area (TPSA) is 49.8 Å². The summed E-state index contributed by atoms with van der Waals surface area (Å²) >= 11 is 3.42. The van der Waals surface area contributed by atoms with E-state index in [0.29, 0.717) is 0 Å². The Hall–Kier alpha value is -3.04. The quantitative estimate of drug-likeness (QED) is 0.207. The number of nitrogens with zero attached hydrogens (tertiary/aromatic N) is 2. The maximum absolute atomic E-state index is 4.79. The van der Waals surface area contributed by atoms with Crippen molar-refractivity contribution in [3.05, 3.63) is 97.1 Å². The Balaban J connectivity index is 1.15. The lowest BCUT2D eigenvalue weighted by Crippen LogP contribution is -1.88. The van der Waals surface area contributed by atoms with Crippen LogP contribution in [0.5, 0.6) is 0 Å². The Morgan fingerprint density at radius 1 is 0.500 bits per heavy atom. The molecular weight excluding hydrogens is 497 g/mol. The molecule has 0 spiro atoms. The Morgan fingerprint density at radius 2 is 0.941 bits per heavy atom. The van der Waals surface area contributed by atoms with Gasteiger partial charge in [-0.3, -0.25) is 0 Å². The average Bonchev–Trinajstić information content (AvgIpc) is 3.47. The molecule has 0 aliphatic heterocycles. The van der Waals surface area contributed by atoms with E-state index in [9.17, 15) is 0 Å². The van der Waals surface area contributed by atoms with Gasteiger partial charge in [0.15, 0.2) is 8.68 Å². The molecule has 4 aromatic carbocycles. The van der Waals surface area contributed by atoms with Crippen LogP contribution in [-0.2, 0) is 0 Å². The standard InChI is InChI=1S/C26H18N4S4/c1-3-7-17(8-4-1)27-19-11-13-21-23(15-19)31-25(29-21)33-34-26-30-22-14-12-20(16-24(22)32-26)28-18-9-5-2-6-10-18/h1-16,27-28H. The smallest absolute Gasteiger partial charge is 0.162 e. The van der Waals surface area contributed by atoms with Crippen LogP contribution in [0.25, 0.3) is 20.4 Å². The van der Waals surface area contributed by atoms with Crippen LogP contribution < -0.4 is 10.6 Å². The van der Waals surface area contributed by atoms with Crippen molar-refractivity contribution in [2.24, 2.45) is 0 Å². The molecule has 0 fully saturated rings. The van der Waals surface area contributed by atoms with Crippen molar-refractivity contribution in [2.45, 2.75) is 8.68 Å². The second-order valence-corrected chi connectivity index (χ2v) is 12.2. The first kappa shape index (κ1) is 21.5. The van der Waals surface area contributed by atoms with Crippen LogP contribution in [0.15, 0.2) is 106 Å². The van der Waals surface area contributed by atoms with Crippen molar-refractivity contribution in [3.8, 4) is 0 Å². The molecule has 0 atom stereocenters. The summed E-state index contributed by atoms with van der Waals surface area (Å²) in [6.45, 7) is 0. The number of hydrogen-bond donors (Lipinski definition) is 2. The minimum absolute atomic E-state index is 1.02. The normalized spacial score (nSPS) is 11.2. The molecule has 2 aromatic heterocycles. The number of hydrogen-bond acceptors (Lipinski definition) is 8. The maximum atomic E-state index is 4.79. The van der Waals surface area contributed by atoms with Crippen LogP contribution in [0.3, 0.4) is 0 Å². The number of rotatable bonds is 7. The van der Waals surface area contributed by atoms with Gasteiger partial charge in [0.1, 0.15) is 0 Å². The zero-order chi connectivity index (χ0) is 22.7. The molecule has 2 N–H and O–H groups in total. The van der Waals surface area contributed by atoms with Gasteiger partial charge < -0.3 is 10.6 Å². The number of benzene rings is 4. The van der Waals surface area contributed by atoms with Gasteiger partial charge >= 0.3 is 0 Å². The maximum Gasteiger partial charge on any atom is 0.162 e.